The lowest BCUT2D eigenvalue weighted by Gasteiger charge is -2.14. The summed E-state index contributed by atoms with van der Waals surface area (Å²) in [5.41, 5.74) is 1.80. The molecule has 1 heterocycles. The molecule has 1 fully saturated rings. The van der Waals surface area contributed by atoms with Crippen molar-refractivity contribution in [1.29, 1.82) is 0 Å². The largest absolute Gasteiger partial charge is 0.493 e. The Bertz CT molecular complexity index is 1050. The number of imide groups is 1. The molecule has 8 heteroatoms. The Morgan fingerprint density at radius 3 is 2.59 bits per heavy atom. The van der Waals surface area contributed by atoms with Crippen molar-refractivity contribution in [1.82, 2.24) is 10.2 Å². The lowest BCUT2D eigenvalue weighted by molar-refractivity contribution is -0.125. The van der Waals surface area contributed by atoms with Gasteiger partial charge in [-0.3, -0.25) is 19.3 Å². The summed E-state index contributed by atoms with van der Waals surface area (Å²) in [5, 5.41) is 2.31. The maximum Gasteiger partial charge on any atom is 0.293 e. The average molecular weight is 453 g/mol. The number of carbonyl (C=O) groups is 3. The zero-order valence-electron chi connectivity index (χ0n) is 17.9. The van der Waals surface area contributed by atoms with E-state index in [1.54, 1.807) is 12.1 Å². The van der Waals surface area contributed by atoms with E-state index in [-0.39, 0.29) is 36.7 Å². The normalized spacial score (nSPS) is 14.9. The Hall–Kier alpha value is -3.52. The van der Waals surface area contributed by atoms with E-state index in [1.165, 1.54) is 7.11 Å². The molecule has 0 aromatic heterocycles. The summed E-state index contributed by atoms with van der Waals surface area (Å²) >= 11 is 0.894. The van der Waals surface area contributed by atoms with Gasteiger partial charge in [-0.05, 0) is 48.0 Å². The van der Waals surface area contributed by atoms with Gasteiger partial charge in [0.25, 0.3) is 17.1 Å². The molecule has 2 aromatic carbocycles. The van der Waals surface area contributed by atoms with Crippen LogP contribution in [0.4, 0.5) is 4.79 Å². The highest BCUT2D eigenvalue weighted by Crippen LogP contribution is 2.32. The predicted octanol–water partition coefficient (Wildman–Crippen LogP) is 3.96. The van der Waals surface area contributed by atoms with Gasteiger partial charge in [-0.2, -0.15) is 0 Å². The summed E-state index contributed by atoms with van der Waals surface area (Å²) in [5.74, 6) is 0.251. The minimum Gasteiger partial charge on any atom is -0.493 e. The van der Waals surface area contributed by atoms with Gasteiger partial charge in [0, 0.05) is 13.1 Å². The summed E-state index contributed by atoms with van der Waals surface area (Å²) in [6.07, 6.45) is 5.53. The van der Waals surface area contributed by atoms with Crippen molar-refractivity contribution in [3.8, 4) is 11.5 Å². The van der Waals surface area contributed by atoms with Gasteiger partial charge in [0.15, 0.2) is 18.1 Å². The molecule has 0 aliphatic carbocycles. The van der Waals surface area contributed by atoms with Crippen LogP contribution in [0, 0.1) is 0 Å². The quantitative estimate of drug-likeness (QED) is 0.580. The molecule has 1 aliphatic heterocycles. The molecule has 0 saturated carbocycles. The van der Waals surface area contributed by atoms with E-state index in [4.69, 9.17) is 9.47 Å². The molecule has 2 aromatic rings. The maximum absolute atomic E-state index is 12.5. The minimum absolute atomic E-state index is 0.0872. The first kappa shape index (κ1) is 23.1. The van der Waals surface area contributed by atoms with E-state index >= 15 is 0 Å². The lowest BCUT2D eigenvalue weighted by Crippen LogP contribution is -2.38. The van der Waals surface area contributed by atoms with Crippen molar-refractivity contribution in [3.63, 3.8) is 0 Å². The Kier molecular flexibility index (Phi) is 8.10. The smallest absolute Gasteiger partial charge is 0.293 e. The van der Waals surface area contributed by atoms with Crippen LogP contribution in [-0.4, -0.2) is 48.8 Å². The van der Waals surface area contributed by atoms with E-state index in [2.05, 4.69) is 5.32 Å². The second kappa shape index (κ2) is 11.2. The number of rotatable bonds is 9. The predicted molar refractivity (Wildman–Crippen MR) is 125 cm³/mol. The van der Waals surface area contributed by atoms with Crippen LogP contribution in [0.15, 0.2) is 59.5 Å². The number of nitrogens with one attached hydrogen (secondary N) is 1. The van der Waals surface area contributed by atoms with Crippen LogP contribution in [0.5, 0.6) is 11.5 Å². The van der Waals surface area contributed by atoms with Crippen LogP contribution in [0.25, 0.3) is 12.2 Å². The highest BCUT2D eigenvalue weighted by molar-refractivity contribution is 8.18. The summed E-state index contributed by atoms with van der Waals surface area (Å²) in [4.78, 5) is 38.3. The molecular formula is C24H24N2O5S. The number of carbonyl (C=O) groups excluding carboxylic acids is 3. The lowest BCUT2D eigenvalue weighted by atomic mass is 10.2. The summed E-state index contributed by atoms with van der Waals surface area (Å²) in [7, 11) is 1.53. The van der Waals surface area contributed by atoms with Crippen LogP contribution < -0.4 is 14.8 Å². The van der Waals surface area contributed by atoms with Gasteiger partial charge in [0.2, 0.25) is 0 Å². The third-order valence-electron chi connectivity index (χ3n) is 4.53. The van der Waals surface area contributed by atoms with Crippen LogP contribution in [-0.2, 0) is 9.59 Å². The number of allylic oxidation sites excluding steroid dienone is 1. The SMILES string of the molecule is CC=Cc1ccc(OCC(=O)NCCN2C(=O)SC(=Cc3ccccc3)C2=O)c(OC)c1. The number of nitrogens with zero attached hydrogens (tertiary/aromatic N) is 1. The fourth-order valence-electron chi connectivity index (χ4n) is 2.99. The summed E-state index contributed by atoms with van der Waals surface area (Å²) in [6.45, 7) is 1.93. The van der Waals surface area contributed by atoms with Crippen LogP contribution in [0.2, 0.25) is 0 Å². The fraction of sp³-hybridized carbons (Fsp3) is 0.208. The van der Waals surface area contributed by atoms with Gasteiger partial charge >= 0.3 is 0 Å². The van der Waals surface area contributed by atoms with Crippen molar-refractivity contribution in [2.45, 2.75) is 6.92 Å². The van der Waals surface area contributed by atoms with Crippen LogP contribution in [0.3, 0.4) is 0 Å². The summed E-state index contributed by atoms with van der Waals surface area (Å²) < 4.78 is 10.9. The average Bonchev–Trinajstić information content (AvgIpc) is 3.06. The molecule has 1 N–H and O–H groups in total. The maximum atomic E-state index is 12.5. The van der Waals surface area contributed by atoms with E-state index in [0.29, 0.717) is 16.4 Å². The van der Waals surface area contributed by atoms with Gasteiger partial charge in [-0.1, -0.05) is 48.6 Å². The third kappa shape index (κ3) is 6.01. The number of ether oxygens (including phenoxy) is 2. The summed E-state index contributed by atoms with van der Waals surface area (Å²) in [6, 6.07) is 14.7. The fourth-order valence-corrected chi connectivity index (χ4v) is 3.86. The van der Waals surface area contributed by atoms with Gasteiger partial charge in [-0.25, -0.2) is 0 Å². The molecule has 3 rings (SSSR count). The number of amides is 3. The molecule has 32 heavy (non-hydrogen) atoms. The molecule has 0 unspecified atom stereocenters. The van der Waals surface area contributed by atoms with Gasteiger partial charge < -0.3 is 14.8 Å². The van der Waals surface area contributed by atoms with Crippen molar-refractivity contribution >= 4 is 41.0 Å². The third-order valence-corrected chi connectivity index (χ3v) is 5.44. The number of methoxy groups -OCH3 is 1. The van der Waals surface area contributed by atoms with Crippen molar-refractivity contribution < 1.29 is 23.9 Å². The zero-order chi connectivity index (χ0) is 22.9. The molecule has 166 valence electrons. The van der Waals surface area contributed by atoms with Gasteiger partial charge in [0.05, 0.1) is 12.0 Å². The van der Waals surface area contributed by atoms with E-state index < -0.39 is 0 Å². The van der Waals surface area contributed by atoms with Gasteiger partial charge in [0.1, 0.15) is 0 Å². The number of hydrogen-bond donors (Lipinski definition) is 1. The first-order valence-electron chi connectivity index (χ1n) is 10.0. The molecule has 1 aliphatic rings. The number of benzene rings is 2. The Labute approximate surface area is 191 Å². The Balaban J connectivity index is 1.48. The minimum atomic E-state index is -0.364. The first-order chi connectivity index (χ1) is 15.5. The monoisotopic (exact) mass is 452 g/mol. The Morgan fingerprint density at radius 2 is 1.88 bits per heavy atom. The van der Waals surface area contributed by atoms with Crippen molar-refractivity contribution in [2.24, 2.45) is 0 Å². The molecule has 0 radical (unpaired) electrons. The van der Waals surface area contributed by atoms with Crippen molar-refractivity contribution in [3.05, 3.63) is 70.6 Å². The number of thioether (sulfide) groups is 1. The molecule has 3 amide bonds. The highest BCUT2D eigenvalue weighted by atomic mass is 32.2. The highest BCUT2D eigenvalue weighted by Gasteiger charge is 2.34. The second-order valence-corrected chi connectivity index (χ2v) is 7.79. The van der Waals surface area contributed by atoms with Gasteiger partial charge in [-0.15, -0.1) is 0 Å². The van der Waals surface area contributed by atoms with Crippen LogP contribution in [0.1, 0.15) is 18.1 Å². The zero-order valence-corrected chi connectivity index (χ0v) is 18.7. The molecule has 7 nitrogen and oxygen atoms in total. The Morgan fingerprint density at radius 1 is 1.09 bits per heavy atom. The van der Waals surface area contributed by atoms with E-state index in [1.807, 2.05) is 61.5 Å². The second-order valence-electron chi connectivity index (χ2n) is 6.79. The molecule has 0 spiro atoms. The topological polar surface area (TPSA) is 84.9 Å². The molecule has 0 bridgehead atoms. The van der Waals surface area contributed by atoms with Crippen molar-refractivity contribution in [2.75, 3.05) is 26.8 Å². The van der Waals surface area contributed by atoms with E-state index in [9.17, 15) is 14.4 Å². The first-order valence-corrected chi connectivity index (χ1v) is 10.8. The number of hydrogen-bond acceptors (Lipinski definition) is 6. The molecular weight excluding hydrogens is 428 g/mol. The van der Waals surface area contributed by atoms with Crippen LogP contribution >= 0.6 is 11.8 Å². The molecule has 1 saturated heterocycles. The standard InChI is InChI=1S/C24H24N2O5S/c1-3-7-17-10-11-19(20(14-17)30-2)31-16-22(27)25-12-13-26-23(28)21(32-24(26)29)15-18-8-5-4-6-9-18/h3-11,14-15H,12-13,16H2,1-2H3,(H,25,27). The van der Waals surface area contributed by atoms with E-state index in [0.717, 1.165) is 27.8 Å². The molecule has 0 atom stereocenters.